The largest absolute Gasteiger partial charge is 0.484 e. The van der Waals surface area contributed by atoms with Crippen LogP contribution in [-0.2, 0) is 20.8 Å². The fraction of sp³-hybridized carbons (Fsp3) is 0.211. The third-order valence-corrected chi connectivity index (χ3v) is 3.86. The molecule has 2 aromatic carbocycles. The van der Waals surface area contributed by atoms with Gasteiger partial charge in [0.2, 0.25) is 5.91 Å². The number of hydrogen-bond acceptors (Lipinski definition) is 5. The summed E-state index contributed by atoms with van der Waals surface area (Å²) < 4.78 is 10.7. The zero-order chi connectivity index (χ0) is 19.2. The van der Waals surface area contributed by atoms with Crippen LogP contribution in [0.3, 0.4) is 0 Å². The highest BCUT2D eigenvalue weighted by Gasteiger charge is 2.15. The summed E-state index contributed by atoms with van der Waals surface area (Å²) in [5, 5.41) is 5.50. The standard InChI is InChI=1S/C19H19N3O5/c20-17(23)10-26-14-4-2-13(3-5-14)21-19(25)11-27-15-6-7-16-12(9-15)1-8-18(24)22-16/h2-7,9H,1,8,10-11H2,(H2,20,23)(H,21,25)(H,22,24). The molecule has 3 amide bonds. The minimum atomic E-state index is -0.561. The van der Waals surface area contributed by atoms with Gasteiger partial charge in [-0.15, -0.1) is 0 Å². The molecule has 8 nitrogen and oxygen atoms in total. The van der Waals surface area contributed by atoms with Gasteiger partial charge in [0.15, 0.2) is 13.2 Å². The van der Waals surface area contributed by atoms with Crippen molar-refractivity contribution in [2.75, 3.05) is 23.8 Å². The monoisotopic (exact) mass is 369 g/mol. The number of hydrogen-bond donors (Lipinski definition) is 3. The molecular formula is C19H19N3O5. The predicted molar refractivity (Wildman–Crippen MR) is 98.6 cm³/mol. The number of anilines is 2. The number of ether oxygens (including phenoxy) is 2. The maximum Gasteiger partial charge on any atom is 0.262 e. The molecule has 0 spiro atoms. The first-order chi connectivity index (χ1) is 13.0. The number of fused-ring (bicyclic) bond motifs is 1. The summed E-state index contributed by atoms with van der Waals surface area (Å²) in [6.45, 7) is -0.352. The van der Waals surface area contributed by atoms with E-state index >= 15 is 0 Å². The van der Waals surface area contributed by atoms with Gasteiger partial charge in [-0.1, -0.05) is 0 Å². The number of carbonyl (C=O) groups is 3. The van der Waals surface area contributed by atoms with Crippen molar-refractivity contribution < 1.29 is 23.9 Å². The van der Waals surface area contributed by atoms with Gasteiger partial charge in [0.05, 0.1) is 0 Å². The summed E-state index contributed by atoms with van der Waals surface area (Å²) in [4.78, 5) is 34.1. The van der Waals surface area contributed by atoms with Crippen LogP contribution in [0.5, 0.6) is 11.5 Å². The highest BCUT2D eigenvalue weighted by molar-refractivity contribution is 5.94. The first-order valence-corrected chi connectivity index (χ1v) is 8.36. The highest BCUT2D eigenvalue weighted by Crippen LogP contribution is 2.26. The number of nitrogens with two attached hydrogens (primary N) is 1. The molecule has 1 aliphatic heterocycles. The molecule has 1 aliphatic rings. The topological polar surface area (TPSA) is 120 Å². The minimum Gasteiger partial charge on any atom is -0.484 e. The normalized spacial score (nSPS) is 12.5. The zero-order valence-electron chi connectivity index (χ0n) is 14.5. The van der Waals surface area contributed by atoms with Gasteiger partial charge >= 0.3 is 0 Å². The summed E-state index contributed by atoms with van der Waals surface area (Å²) >= 11 is 0. The summed E-state index contributed by atoms with van der Waals surface area (Å²) in [6, 6.07) is 11.8. The molecule has 0 unspecified atom stereocenters. The predicted octanol–water partition coefficient (Wildman–Crippen LogP) is 1.45. The SMILES string of the molecule is NC(=O)COc1ccc(NC(=O)COc2ccc3c(c2)CCC(=O)N3)cc1. The van der Waals surface area contributed by atoms with Crippen molar-refractivity contribution in [1.29, 1.82) is 0 Å². The lowest BCUT2D eigenvalue weighted by atomic mass is 10.0. The van der Waals surface area contributed by atoms with Gasteiger partial charge < -0.3 is 25.8 Å². The lowest BCUT2D eigenvalue weighted by Gasteiger charge is -2.17. The average molecular weight is 369 g/mol. The molecule has 0 bridgehead atoms. The molecule has 4 N–H and O–H groups in total. The van der Waals surface area contributed by atoms with E-state index in [9.17, 15) is 14.4 Å². The Kier molecular flexibility index (Phi) is 5.55. The van der Waals surface area contributed by atoms with Crippen LogP contribution >= 0.6 is 0 Å². The molecule has 0 aliphatic carbocycles. The Hall–Kier alpha value is -3.55. The van der Waals surface area contributed by atoms with Gasteiger partial charge in [0, 0.05) is 17.8 Å². The van der Waals surface area contributed by atoms with Crippen molar-refractivity contribution in [2.24, 2.45) is 5.73 Å². The average Bonchev–Trinajstić information content (AvgIpc) is 2.65. The van der Waals surface area contributed by atoms with Gasteiger partial charge in [-0.2, -0.15) is 0 Å². The molecule has 0 saturated carbocycles. The molecule has 2 aromatic rings. The zero-order valence-corrected chi connectivity index (χ0v) is 14.5. The van der Waals surface area contributed by atoms with Crippen LogP contribution < -0.4 is 25.8 Å². The van der Waals surface area contributed by atoms with Crippen LogP contribution in [0, 0.1) is 0 Å². The Bertz CT molecular complexity index is 864. The van der Waals surface area contributed by atoms with Crippen molar-refractivity contribution in [1.82, 2.24) is 0 Å². The molecular weight excluding hydrogens is 350 g/mol. The lowest BCUT2D eigenvalue weighted by Crippen LogP contribution is -2.21. The lowest BCUT2D eigenvalue weighted by molar-refractivity contribution is -0.120. The van der Waals surface area contributed by atoms with E-state index < -0.39 is 5.91 Å². The van der Waals surface area contributed by atoms with Crippen LogP contribution in [0.25, 0.3) is 0 Å². The number of aryl methyl sites for hydroxylation is 1. The second kappa shape index (κ2) is 8.22. The highest BCUT2D eigenvalue weighted by atomic mass is 16.5. The Balaban J connectivity index is 1.49. The quantitative estimate of drug-likeness (QED) is 0.682. The van der Waals surface area contributed by atoms with E-state index in [2.05, 4.69) is 10.6 Å². The number of carbonyl (C=O) groups excluding carboxylic acids is 3. The smallest absolute Gasteiger partial charge is 0.262 e. The first kappa shape index (κ1) is 18.2. The minimum absolute atomic E-state index is 0.00147. The van der Waals surface area contributed by atoms with E-state index in [1.165, 1.54) is 0 Å². The molecule has 0 radical (unpaired) electrons. The molecule has 1 heterocycles. The maximum absolute atomic E-state index is 12.0. The van der Waals surface area contributed by atoms with Gasteiger partial charge in [0.1, 0.15) is 11.5 Å². The Morgan fingerprint density at radius 2 is 1.70 bits per heavy atom. The first-order valence-electron chi connectivity index (χ1n) is 8.36. The van der Waals surface area contributed by atoms with Crippen molar-refractivity contribution in [3.63, 3.8) is 0 Å². The van der Waals surface area contributed by atoms with Crippen LogP contribution in [0.4, 0.5) is 11.4 Å². The van der Waals surface area contributed by atoms with E-state index in [-0.39, 0.29) is 25.0 Å². The van der Waals surface area contributed by atoms with E-state index in [1.807, 2.05) is 6.07 Å². The number of rotatable bonds is 7. The van der Waals surface area contributed by atoms with Crippen LogP contribution in [0.2, 0.25) is 0 Å². The number of nitrogens with one attached hydrogen (secondary N) is 2. The van der Waals surface area contributed by atoms with Crippen molar-refractivity contribution >= 4 is 29.1 Å². The summed E-state index contributed by atoms with van der Waals surface area (Å²) in [6.07, 6.45) is 1.09. The van der Waals surface area contributed by atoms with Gasteiger partial charge in [0.25, 0.3) is 11.8 Å². The van der Waals surface area contributed by atoms with Crippen molar-refractivity contribution in [3.8, 4) is 11.5 Å². The molecule has 140 valence electrons. The second-order valence-corrected chi connectivity index (χ2v) is 5.98. The van der Waals surface area contributed by atoms with E-state index in [0.717, 1.165) is 11.3 Å². The third kappa shape index (κ3) is 5.21. The number of benzene rings is 2. The van der Waals surface area contributed by atoms with Gasteiger partial charge in [-0.25, -0.2) is 0 Å². The molecule has 0 atom stereocenters. The molecule has 3 rings (SSSR count). The Labute approximate surface area is 155 Å². The van der Waals surface area contributed by atoms with Crippen molar-refractivity contribution in [2.45, 2.75) is 12.8 Å². The number of amides is 3. The van der Waals surface area contributed by atoms with Crippen LogP contribution in [0.1, 0.15) is 12.0 Å². The van der Waals surface area contributed by atoms with E-state index in [0.29, 0.717) is 30.0 Å². The molecule has 0 aromatic heterocycles. The Morgan fingerprint density at radius 3 is 2.44 bits per heavy atom. The van der Waals surface area contributed by atoms with E-state index in [1.54, 1.807) is 36.4 Å². The number of primary amides is 1. The molecule has 0 fully saturated rings. The fourth-order valence-corrected chi connectivity index (χ4v) is 2.58. The second-order valence-electron chi connectivity index (χ2n) is 5.98. The summed E-state index contributed by atoms with van der Waals surface area (Å²) in [5.74, 6) is 0.168. The van der Waals surface area contributed by atoms with Crippen LogP contribution in [0.15, 0.2) is 42.5 Å². The Morgan fingerprint density at radius 1 is 1.00 bits per heavy atom. The molecule has 27 heavy (non-hydrogen) atoms. The molecule has 8 heteroatoms. The van der Waals surface area contributed by atoms with E-state index in [4.69, 9.17) is 15.2 Å². The van der Waals surface area contributed by atoms with Crippen molar-refractivity contribution in [3.05, 3.63) is 48.0 Å². The molecule has 0 saturated heterocycles. The van der Waals surface area contributed by atoms with Crippen LogP contribution in [-0.4, -0.2) is 30.9 Å². The fourth-order valence-electron chi connectivity index (χ4n) is 2.58. The summed E-state index contributed by atoms with van der Waals surface area (Å²) in [5.41, 5.74) is 7.34. The van der Waals surface area contributed by atoms with Gasteiger partial charge in [-0.05, 0) is 54.4 Å². The third-order valence-electron chi connectivity index (χ3n) is 3.86. The maximum atomic E-state index is 12.0. The summed E-state index contributed by atoms with van der Waals surface area (Å²) in [7, 11) is 0. The van der Waals surface area contributed by atoms with Gasteiger partial charge in [-0.3, -0.25) is 14.4 Å².